The predicted molar refractivity (Wildman–Crippen MR) is 98.3 cm³/mol. The van der Waals surface area contributed by atoms with Crippen LogP contribution in [-0.4, -0.2) is 29.0 Å². The van der Waals surface area contributed by atoms with Crippen molar-refractivity contribution in [2.75, 3.05) is 18.0 Å². The number of aromatic nitrogens is 2. The van der Waals surface area contributed by atoms with E-state index >= 15 is 0 Å². The molecule has 130 valence electrons. The molecule has 1 aromatic heterocycles. The average molecular weight is 336 g/mol. The predicted octanol–water partition coefficient (Wildman–Crippen LogP) is 3.26. The molecule has 1 saturated carbocycles. The number of rotatable bonds is 3. The molecule has 2 aromatic rings. The topological polar surface area (TPSA) is 72.1 Å². The zero-order valence-corrected chi connectivity index (χ0v) is 14.4. The van der Waals surface area contributed by atoms with Gasteiger partial charge in [0.15, 0.2) is 0 Å². The lowest BCUT2D eigenvalue weighted by atomic mass is 9.75. The summed E-state index contributed by atoms with van der Waals surface area (Å²) in [5.74, 6) is 1.70. The van der Waals surface area contributed by atoms with E-state index in [1.165, 1.54) is 32.1 Å². The van der Waals surface area contributed by atoms with Gasteiger partial charge in [0.1, 0.15) is 5.69 Å². The number of nitrogens with zero attached hydrogens (tertiary/aromatic N) is 3. The monoisotopic (exact) mass is 336 g/mol. The van der Waals surface area contributed by atoms with E-state index in [-0.39, 0.29) is 5.69 Å². The highest BCUT2D eigenvalue weighted by molar-refractivity contribution is 5.92. The average Bonchev–Trinajstić information content (AvgIpc) is 2.68. The summed E-state index contributed by atoms with van der Waals surface area (Å²) in [5, 5.41) is 0. The van der Waals surface area contributed by atoms with Gasteiger partial charge in [-0.2, -0.15) is 0 Å². The van der Waals surface area contributed by atoms with Crippen LogP contribution in [0, 0.1) is 11.8 Å². The number of piperidine rings is 1. The van der Waals surface area contributed by atoms with Gasteiger partial charge < -0.3 is 10.6 Å². The number of hydrogen-bond acceptors (Lipinski definition) is 4. The fraction of sp³-hybridized carbons (Fsp3) is 0.450. The largest absolute Gasteiger partial charge is 0.364 e. The molecule has 1 saturated heterocycles. The Hall–Kier alpha value is -2.43. The van der Waals surface area contributed by atoms with E-state index in [0.29, 0.717) is 5.95 Å². The van der Waals surface area contributed by atoms with E-state index in [1.54, 1.807) is 6.07 Å². The Morgan fingerprint density at radius 2 is 1.80 bits per heavy atom. The molecule has 1 amide bonds. The van der Waals surface area contributed by atoms with Crippen LogP contribution >= 0.6 is 0 Å². The lowest BCUT2D eigenvalue weighted by Gasteiger charge is -2.41. The number of amides is 1. The van der Waals surface area contributed by atoms with Gasteiger partial charge in [0.05, 0.1) is 5.69 Å². The maximum absolute atomic E-state index is 11.8. The highest BCUT2D eigenvalue weighted by Gasteiger charge is 2.32. The van der Waals surface area contributed by atoms with Crippen LogP contribution in [0.5, 0.6) is 0 Å². The number of fused-ring (bicyclic) bond motifs is 1. The summed E-state index contributed by atoms with van der Waals surface area (Å²) in [5.41, 5.74) is 7.53. The summed E-state index contributed by atoms with van der Waals surface area (Å²) in [7, 11) is 0. The van der Waals surface area contributed by atoms with Crippen molar-refractivity contribution in [3.05, 3.63) is 42.1 Å². The Balaban J connectivity index is 1.67. The first kappa shape index (κ1) is 16.1. The minimum absolute atomic E-state index is 0.287. The van der Waals surface area contributed by atoms with Gasteiger partial charge in [-0.1, -0.05) is 49.6 Å². The summed E-state index contributed by atoms with van der Waals surface area (Å²) in [6, 6.07) is 11.6. The summed E-state index contributed by atoms with van der Waals surface area (Å²) in [6.07, 6.45) is 6.53. The molecule has 25 heavy (non-hydrogen) atoms. The molecule has 1 aliphatic carbocycles. The highest BCUT2D eigenvalue weighted by Crippen LogP contribution is 2.37. The first-order valence-electron chi connectivity index (χ1n) is 9.20. The van der Waals surface area contributed by atoms with Gasteiger partial charge in [0.25, 0.3) is 5.91 Å². The number of primary amides is 1. The third-order valence-corrected chi connectivity index (χ3v) is 5.61. The molecule has 2 fully saturated rings. The van der Waals surface area contributed by atoms with Crippen molar-refractivity contribution in [3.8, 4) is 11.3 Å². The van der Waals surface area contributed by atoms with Gasteiger partial charge in [0.2, 0.25) is 5.95 Å². The molecule has 0 spiro atoms. The van der Waals surface area contributed by atoms with Gasteiger partial charge in [-0.15, -0.1) is 0 Å². The number of benzene rings is 1. The normalized spacial score (nSPS) is 23.1. The third kappa shape index (κ3) is 3.36. The van der Waals surface area contributed by atoms with Crippen molar-refractivity contribution in [2.45, 2.75) is 32.1 Å². The van der Waals surface area contributed by atoms with Crippen LogP contribution in [0.15, 0.2) is 36.4 Å². The van der Waals surface area contributed by atoms with E-state index in [1.807, 2.05) is 30.3 Å². The first-order chi connectivity index (χ1) is 12.2. The van der Waals surface area contributed by atoms with Crippen molar-refractivity contribution in [1.82, 2.24) is 9.97 Å². The first-order valence-corrected chi connectivity index (χ1v) is 9.20. The molecular formula is C20H24N4O. The summed E-state index contributed by atoms with van der Waals surface area (Å²) >= 11 is 0. The number of nitrogens with two attached hydrogens (primary N) is 1. The van der Waals surface area contributed by atoms with Crippen LogP contribution in [0.4, 0.5) is 5.95 Å². The fourth-order valence-electron chi connectivity index (χ4n) is 4.24. The molecule has 2 aliphatic rings. The lowest BCUT2D eigenvalue weighted by Crippen LogP contribution is -2.42. The maximum Gasteiger partial charge on any atom is 0.267 e. The van der Waals surface area contributed by atoms with Gasteiger partial charge >= 0.3 is 0 Å². The molecule has 1 aromatic carbocycles. The summed E-state index contributed by atoms with van der Waals surface area (Å²) in [6.45, 7) is 1.94. The van der Waals surface area contributed by atoms with Gasteiger partial charge in [-0.3, -0.25) is 4.79 Å². The minimum Gasteiger partial charge on any atom is -0.364 e. The van der Waals surface area contributed by atoms with Crippen LogP contribution < -0.4 is 10.6 Å². The highest BCUT2D eigenvalue weighted by atomic mass is 16.1. The molecule has 0 bridgehead atoms. The van der Waals surface area contributed by atoms with Gasteiger partial charge in [-0.25, -0.2) is 9.97 Å². The molecule has 2 unspecified atom stereocenters. The van der Waals surface area contributed by atoms with E-state index in [9.17, 15) is 4.79 Å². The zero-order valence-electron chi connectivity index (χ0n) is 14.4. The number of hydrogen-bond donors (Lipinski definition) is 1. The minimum atomic E-state index is -0.506. The number of anilines is 1. The second-order valence-electron chi connectivity index (χ2n) is 7.21. The number of carbonyl (C=O) groups excluding carboxylic acids is 1. The molecule has 5 nitrogen and oxygen atoms in total. The van der Waals surface area contributed by atoms with Gasteiger partial charge in [-0.05, 0) is 30.7 Å². The summed E-state index contributed by atoms with van der Waals surface area (Å²) < 4.78 is 0. The maximum atomic E-state index is 11.8. The Morgan fingerprint density at radius 3 is 2.56 bits per heavy atom. The van der Waals surface area contributed by atoms with Crippen LogP contribution in [0.2, 0.25) is 0 Å². The van der Waals surface area contributed by atoms with Crippen LogP contribution in [0.3, 0.4) is 0 Å². The van der Waals surface area contributed by atoms with Crippen molar-refractivity contribution < 1.29 is 4.79 Å². The SMILES string of the molecule is NC(=O)c1cc(-c2ccccc2)nc(N2CCC3CCCCC3C2)n1. The molecule has 2 heterocycles. The molecule has 0 radical (unpaired) electrons. The van der Waals surface area contributed by atoms with Crippen molar-refractivity contribution in [1.29, 1.82) is 0 Å². The Morgan fingerprint density at radius 1 is 1.04 bits per heavy atom. The Kier molecular flexibility index (Phi) is 4.38. The van der Waals surface area contributed by atoms with Crippen LogP contribution in [-0.2, 0) is 0 Å². The number of carbonyl (C=O) groups is 1. The standard InChI is InChI=1S/C20H24N4O/c21-19(25)18-12-17(15-7-2-1-3-8-15)22-20(23-18)24-11-10-14-6-4-5-9-16(14)13-24/h1-3,7-8,12,14,16H,4-6,9-11,13H2,(H2,21,25). The second kappa shape index (κ2) is 6.82. The van der Waals surface area contributed by atoms with Crippen molar-refractivity contribution in [2.24, 2.45) is 17.6 Å². The second-order valence-corrected chi connectivity index (χ2v) is 7.21. The molecule has 5 heteroatoms. The van der Waals surface area contributed by atoms with E-state index < -0.39 is 5.91 Å². The molecule has 4 rings (SSSR count). The third-order valence-electron chi connectivity index (χ3n) is 5.61. The molecule has 2 N–H and O–H groups in total. The fourth-order valence-corrected chi connectivity index (χ4v) is 4.24. The van der Waals surface area contributed by atoms with E-state index in [2.05, 4.69) is 9.88 Å². The van der Waals surface area contributed by atoms with E-state index in [4.69, 9.17) is 10.7 Å². The molecular weight excluding hydrogens is 312 g/mol. The lowest BCUT2D eigenvalue weighted by molar-refractivity contribution is 0.0995. The zero-order chi connectivity index (χ0) is 17.2. The quantitative estimate of drug-likeness (QED) is 0.934. The smallest absolute Gasteiger partial charge is 0.267 e. The summed E-state index contributed by atoms with van der Waals surface area (Å²) in [4.78, 5) is 23.2. The van der Waals surface area contributed by atoms with Crippen LogP contribution in [0.25, 0.3) is 11.3 Å². The Bertz CT molecular complexity index is 762. The molecule has 1 aliphatic heterocycles. The van der Waals surface area contributed by atoms with Crippen molar-refractivity contribution >= 4 is 11.9 Å². The van der Waals surface area contributed by atoms with E-state index in [0.717, 1.165) is 36.2 Å². The van der Waals surface area contributed by atoms with Gasteiger partial charge in [0, 0.05) is 18.7 Å². The molecule has 2 atom stereocenters. The van der Waals surface area contributed by atoms with Crippen LogP contribution in [0.1, 0.15) is 42.6 Å². The van der Waals surface area contributed by atoms with Crippen molar-refractivity contribution in [3.63, 3.8) is 0 Å². The Labute approximate surface area is 148 Å².